The molecular formula is C16H15BrClNO2. The highest BCUT2D eigenvalue weighted by Crippen LogP contribution is 2.29. The Labute approximate surface area is 137 Å². The molecule has 110 valence electrons. The number of halogens is 2. The summed E-state index contributed by atoms with van der Waals surface area (Å²) in [7, 11) is 0. The van der Waals surface area contributed by atoms with Crippen LogP contribution < -0.4 is 4.90 Å². The highest BCUT2D eigenvalue weighted by molar-refractivity contribution is 9.10. The molecule has 0 bridgehead atoms. The summed E-state index contributed by atoms with van der Waals surface area (Å²) in [5.41, 5.74) is 2.15. The summed E-state index contributed by atoms with van der Waals surface area (Å²) in [6.45, 7) is 4.30. The highest BCUT2D eigenvalue weighted by atomic mass is 79.9. The molecule has 0 atom stereocenters. The Morgan fingerprint density at radius 1 is 1.29 bits per heavy atom. The van der Waals surface area contributed by atoms with E-state index in [0.717, 1.165) is 5.56 Å². The quantitative estimate of drug-likeness (QED) is 0.846. The maximum absolute atomic E-state index is 12.7. The summed E-state index contributed by atoms with van der Waals surface area (Å²) >= 11 is 9.28. The third-order valence-electron chi connectivity index (χ3n) is 3.21. The van der Waals surface area contributed by atoms with Gasteiger partial charge in [0.15, 0.2) is 0 Å². The number of aromatic hydroxyl groups is 1. The molecule has 2 rings (SSSR count). The van der Waals surface area contributed by atoms with Gasteiger partial charge in [-0.25, -0.2) is 0 Å². The van der Waals surface area contributed by atoms with Crippen LogP contribution in [0.1, 0.15) is 22.8 Å². The Hall–Kier alpha value is -1.52. The van der Waals surface area contributed by atoms with Gasteiger partial charge in [0.05, 0.1) is 11.3 Å². The van der Waals surface area contributed by atoms with E-state index in [0.29, 0.717) is 27.3 Å². The molecule has 0 saturated carbocycles. The molecule has 0 heterocycles. The van der Waals surface area contributed by atoms with Gasteiger partial charge < -0.3 is 10.0 Å². The first-order chi connectivity index (χ1) is 9.93. The second kappa shape index (κ2) is 6.50. The molecule has 2 aromatic rings. The molecule has 0 aromatic heterocycles. The van der Waals surface area contributed by atoms with Crippen molar-refractivity contribution < 1.29 is 9.90 Å². The number of nitrogens with zero attached hydrogens (tertiary/aromatic N) is 1. The summed E-state index contributed by atoms with van der Waals surface area (Å²) in [6.07, 6.45) is 0. The molecule has 2 aromatic carbocycles. The summed E-state index contributed by atoms with van der Waals surface area (Å²) in [6, 6.07) is 10.1. The van der Waals surface area contributed by atoms with Crippen LogP contribution in [-0.2, 0) is 0 Å². The van der Waals surface area contributed by atoms with Crippen LogP contribution in [0.3, 0.4) is 0 Å². The first-order valence-electron chi connectivity index (χ1n) is 6.50. The molecule has 3 nitrogen and oxygen atoms in total. The standard InChI is InChI=1S/C16H15BrClNO2/c1-3-19(15-9-12(20)6-4-10(15)2)16(21)13-7-5-11(18)8-14(13)17/h4-9,20H,3H2,1-2H3. The predicted molar refractivity (Wildman–Crippen MR) is 89.3 cm³/mol. The Morgan fingerprint density at radius 2 is 2.00 bits per heavy atom. The van der Waals surface area contributed by atoms with Crippen molar-refractivity contribution >= 4 is 39.1 Å². The lowest BCUT2D eigenvalue weighted by Gasteiger charge is -2.23. The second-order valence-electron chi connectivity index (χ2n) is 4.64. The van der Waals surface area contributed by atoms with Gasteiger partial charge in [0.25, 0.3) is 5.91 Å². The number of hydrogen-bond acceptors (Lipinski definition) is 2. The van der Waals surface area contributed by atoms with Crippen molar-refractivity contribution in [2.45, 2.75) is 13.8 Å². The number of rotatable bonds is 3. The molecule has 0 aliphatic rings. The SMILES string of the molecule is CCN(C(=O)c1ccc(Cl)cc1Br)c1cc(O)ccc1C. The Kier molecular flexibility index (Phi) is 4.91. The number of hydrogen-bond donors (Lipinski definition) is 1. The molecule has 1 N–H and O–H groups in total. The average Bonchev–Trinajstić information content (AvgIpc) is 2.43. The number of aryl methyl sites for hydroxylation is 1. The molecule has 0 aliphatic carbocycles. The molecule has 0 aliphatic heterocycles. The maximum Gasteiger partial charge on any atom is 0.259 e. The van der Waals surface area contributed by atoms with E-state index in [1.165, 1.54) is 0 Å². The van der Waals surface area contributed by atoms with Crippen LogP contribution in [0, 0.1) is 6.92 Å². The maximum atomic E-state index is 12.7. The minimum atomic E-state index is -0.144. The smallest absolute Gasteiger partial charge is 0.259 e. The predicted octanol–water partition coefficient (Wildman–Crippen LogP) is 4.78. The van der Waals surface area contributed by atoms with Gasteiger partial charge in [-0.05, 0) is 59.6 Å². The molecule has 0 fully saturated rings. The van der Waals surface area contributed by atoms with Gasteiger partial charge in [0, 0.05) is 22.1 Å². The van der Waals surface area contributed by atoms with Crippen molar-refractivity contribution in [2.24, 2.45) is 0 Å². The van der Waals surface area contributed by atoms with Crippen molar-refractivity contribution in [3.8, 4) is 5.75 Å². The number of amides is 1. The van der Waals surface area contributed by atoms with Crippen molar-refractivity contribution in [3.05, 3.63) is 57.0 Å². The number of phenols is 1. The van der Waals surface area contributed by atoms with Gasteiger partial charge in [-0.15, -0.1) is 0 Å². The minimum absolute atomic E-state index is 0.136. The van der Waals surface area contributed by atoms with Crippen LogP contribution in [0.5, 0.6) is 5.75 Å². The second-order valence-corrected chi connectivity index (χ2v) is 5.94. The van der Waals surface area contributed by atoms with Gasteiger partial charge in [-0.2, -0.15) is 0 Å². The van der Waals surface area contributed by atoms with E-state index in [1.807, 2.05) is 13.8 Å². The highest BCUT2D eigenvalue weighted by Gasteiger charge is 2.20. The first-order valence-corrected chi connectivity index (χ1v) is 7.67. The van der Waals surface area contributed by atoms with E-state index < -0.39 is 0 Å². The molecule has 0 saturated heterocycles. The molecule has 1 amide bonds. The molecule has 0 unspecified atom stereocenters. The van der Waals surface area contributed by atoms with Crippen LogP contribution in [0.2, 0.25) is 5.02 Å². The van der Waals surface area contributed by atoms with E-state index in [2.05, 4.69) is 15.9 Å². The molecule has 21 heavy (non-hydrogen) atoms. The van der Waals surface area contributed by atoms with E-state index in [9.17, 15) is 9.90 Å². The summed E-state index contributed by atoms with van der Waals surface area (Å²) in [5, 5.41) is 10.2. The lowest BCUT2D eigenvalue weighted by molar-refractivity contribution is 0.0987. The van der Waals surface area contributed by atoms with Crippen LogP contribution in [0.4, 0.5) is 5.69 Å². The topological polar surface area (TPSA) is 40.5 Å². The molecule has 5 heteroatoms. The molecular weight excluding hydrogens is 354 g/mol. The zero-order chi connectivity index (χ0) is 15.6. The fraction of sp³-hybridized carbons (Fsp3) is 0.188. The number of phenolic OH excluding ortho intramolecular Hbond substituents is 1. The monoisotopic (exact) mass is 367 g/mol. The Morgan fingerprint density at radius 3 is 2.62 bits per heavy atom. The zero-order valence-electron chi connectivity index (χ0n) is 11.7. The number of carbonyl (C=O) groups is 1. The Balaban J connectivity index is 2.45. The minimum Gasteiger partial charge on any atom is -0.508 e. The van der Waals surface area contributed by atoms with Gasteiger partial charge in [-0.1, -0.05) is 17.7 Å². The van der Waals surface area contributed by atoms with Crippen LogP contribution >= 0.6 is 27.5 Å². The average molecular weight is 369 g/mol. The first kappa shape index (κ1) is 15.9. The van der Waals surface area contributed by atoms with E-state index in [1.54, 1.807) is 41.3 Å². The summed E-state index contributed by atoms with van der Waals surface area (Å²) in [4.78, 5) is 14.4. The number of anilines is 1. The molecule has 0 radical (unpaired) electrons. The number of benzene rings is 2. The fourth-order valence-corrected chi connectivity index (χ4v) is 2.97. The third kappa shape index (κ3) is 3.39. The van der Waals surface area contributed by atoms with Gasteiger partial charge in [-0.3, -0.25) is 4.79 Å². The lowest BCUT2D eigenvalue weighted by Crippen LogP contribution is -2.31. The van der Waals surface area contributed by atoms with Crippen molar-refractivity contribution in [1.82, 2.24) is 0 Å². The Bertz CT molecular complexity index is 688. The van der Waals surface area contributed by atoms with E-state index >= 15 is 0 Å². The summed E-state index contributed by atoms with van der Waals surface area (Å²) in [5.74, 6) is -0.00763. The van der Waals surface area contributed by atoms with Gasteiger partial charge >= 0.3 is 0 Å². The fourth-order valence-electron chi connectivity index (χ4n) is 2.12. The van der Waals surface area contributed by atoms with Crippen LogP contribution in [0.25, 0.3) is 0 Å². The van der Waals surface area contributed by atoms with Gasteiger partial charge in [0.1, 0.15) is 5.75 Å². The number of carbonyl (C=O) groups excluding carboxylic acids is 1. The van der Waals surface area contributed by atoms with Crippen LogP contribution in [-0.4, -0.2) is 17.6 Å². The van der Waals surface area contributed by atoms with Crippen molar-refractivity contribution in [1.29, 1.82) is 0 Å². The largest absolute Gasteiger partial charge is 0.508 e. The lowest BCUT2D eigenvalue weighted by atomic mass is 10.1. The van der Waals surface area contributed by atoms with Crippen LogP contribution in [0.15, 0.2) is 40.9 Å². The normalized spacial score (nSPS) is 10.5. The van der Waals surface area contributed by atoms with E-state index in [-0.39, 0.29) is 11.7 Å². The zero-order valence-corrected chi connectivity index (χ0v) is 14.1. The van der Waals surface area contributed by atoms with Gasteiger partial charge in [0.2, 0.25) is 0 Å². The summed E-state index contributed by atoms with van der Waals surface area (Å²) < 4.78 is 0.649. The van der Waals surface area contributed by atoms with Crippen molar-refractivity contribution in [3.63, 3.8) is 0 Å². The van der Waals surface area contributed by atoms with E-state index in [4.69, 9.17) is 11.6 Å². The third-order valence-corrected chi connectivity index (χ3v) is 4.10. The van der Waals surface area contributed by atoms with Crippen molar-refractivity contribution in [2.75, 3.05) is 11.4 Å². The molecule has 0 spiro atoms.